The molecule has 0 aliphatic rings. The lowest BCUT2D eigenvalue weighted by Crippen LogP contribution is -2.34. The van der Waals surface area contributed by atoms with Gasteiger partial charge in [0, 0.05) is 17.7 Å². The first-order valence-electron chi connectivity index (χ1n) is 4.03. The molecule has 66 valence electrons. The van der Waals surface area contributed by atoms with E-state index < -0.39 is 0 Å². The van der Waals surface area contributed by atoms with Crippen molar-refractivity contribution in [3.05, 3.63) is 36.0 Å². The van der Waals surface area contributed by atoms with Gasteiger partial charge in [0.2, 0.25) is 5.69 Å². The number of phenols is 1. The number of para-hydroxylation sites is 1. The highest BCUT2D eigenvalue weighted by Crippen LogP contribution is 2.20. The molecule has 0 bridgehead atoms. The lowest BCUT2D eigenvalue weighted by Gasteiger charge is -1.97. The molecule has 0 aliphatic heterocycles. The Labute approximate surface area is 75.5 Å². The molecular weight excluding hydrogens is 166 g/mol. The molecule has 13 heavy (non-hydrogen) atoms. The number of pyridine rings is 1. The zero-order valence-corrected chi connectivity index (χ0v) is 7.23. The second-order valence-electron chi connectivity index (χ2n) is 3.00. The molecule has 1 heterocycles. The van der Waals surface area contributed by atoms with Crippen molar-refractivity contribution >= 4 is 10.9 Å². The van der Waals surface area contributed by atoms with Crippen LogP contribution in [0.1, 0.15) is 5.69 Å². The number of hydrogen-bond acceptors (Lipinski definition) is 2. The maximum atomic E-state index is 9.60. The van der Waals surface area contributed by atoms with Gasteiger partial charge < -0.3 is 5.11 Å². The molecular formula is C10H10NO2+. The van der Waals surface area contributed by atoms with Gasteiger partial charge in [-0.2, -0.15) is 0 Å². The number of nitrogens with zero attached hydrogens (tertiary/aromatic N) is 1. The summed E-state index contributed by atoms with van der Waals surface area (Å²) < 4.78 is 0.991. The Hall–Kier alpha value is -1.77. The van der Waals surface area contributed by atoms with E-state index >= 15 is 0 Å². The van der Waals surface area contributed by atoms with E-state index in [2.05, 4.69) is 0 Å². The maximum Gasteiger partial charge on any atom is 0.306 e. The van der Waals surface area contributed by atoms with Crippen LogP contribution in [0.2, 0.25) is 0 Å². The second kappa shape index (κ2) is 2.62. The van der Waals surface area contributed by atoms with Crippen LogP contribution in [0.5, 0.6) is 5.75 Å². The lowest BCUT2D eigenvalue weighted by molar-refractivity contribution is -0.888. The highest BCUT2D eigenvalue weighted by atomic mass is 16.5. The van der Waals surface area contributed by atoms with E-state index in [0.717, 1.165) is 10.1 Å². The van der Waals surface area contributed by atoms with Crippen molar-refractivity contribution < 1.29 is 15.0 Å². The average molecular weight is 176 g/mol. The Kier molecular flexibility index (Phi) is 1.59. The summed E-state index contributed by atoms with van der Waals surface area (Å²) in [6, 6.07) is 8.78. The van der Waals surface area contributed by atoms with Crippen molar-refractivity contribution in [3.8, 4) is 5.75 Å². The number of hydrogen-bond donors (Lipinski definition) is 2. The summed E-state index contributed by atoms with van der Waals surface area (Å²) in [5.41, 5.74) is 1.14. The van der Waals surface area contributed by atoms with Crippen molar-refractivity contribution in [1.82, 2.24) is 0 Å². The number of benzene rings is 1. The predicted octanol–water partition coefficient (Wildman–Crippen LogP) is 1.38. The fraction of sp³-hybridized carbons (Fsp3) is 0.100. The third kappa shape index (κ3) is 1.09. The van der Waals surface area contributed by atoms with Gasteiger partial charge in [0.1, 0.15) is 0 Å². The standard InChI is InChI=1S/C10H9NO2/c1-7-5-6-8-3-2-4-9(12)10(8)11(7)13/h2-6H,1H3,(H-,12,13)/p+1. The molecule has 1 aromatic heterocycles. The summed E-state index contributed by atoms with van der Waals surface area (Å²) >= 11 is 0. The van der Waals surface area contributed by atoms with Crippen LogP contribution in [0.4, 0.5) is 0 Å². The molecule has 0 atom stereocenters. The number of phenolic OH excluding ortho intramolecular Hbond substituents is 1. The molecule has 0 unspecified atom stereocenters. The molecule has 3 heteroatoms. The van der Waals surface area contributed by atoms with Crippen LogP contribution in [0.3, 0.4) is 0 Å². The van der Waals surface area contributed by atoms with E-state index in [4.69, 9.17) is 0 Å². The zero-order chi connectivity index (χ0) is 9.42. The van der Waals surface area contributed by atoms with Gasteiger partial charge in [0.05, 0.1) is 5.39 Å². The first-order chi connectivity index (χ1) is 6.20. The molecule has 2 rings (SSSR count). The van der Waals surface area contributed by atoms with Gasteiger partial charge in [-0.3, -0.25) is 5.21 Å². The number of fused-ring (bicyclic) bond motifs is 1. The minimum absolute atomic E-state index is 0.0868. The minimum Gasteiger partial charge on any atom is -0.502 e. The van der Waals surface area contributed by atoms with Crippen molar-refractivity contribution in [1.29, 1.82) is 0 Å². The third-order valence-corrected chi connectivity index (χ3v) is 2.10. The largest absolute Gasteiger partial charge is 0.502 e. The first kappa shape index (κ1) is 7.86. The van der Waals surface area contributed by atoms with Gasteiger partial charge in [-0.25, -0.2) is 0 Å². The fourth-order valence-electron chi connectivity index (χ4n) is 1.37. The highest BCUT2D eigenvalue weighted by Gasteiger charge is 2.15. The Morgan fingerprint density at radius 3 is 2.69 bits per heavy atom. The Balaban J connectivity index is 2.97. The fourth-order valence-corrected chi connectivity index (χ4v) is 1.37. The van der Waals surface area contributed by atoms with E-state index in [-0.39, 0.29) is 5.75 Å². The summed E-state index contributed by atoms with van der Waals surface area (Å²) in [7, 11) is 0. The highest BCUT2D eigenvalue weighted by molar-refractivity contribution is 5.80. The second-order valence-corrected chi connectivity index (χ2v) is 3.00. The Morgan fingerprint density at radius 1 is 1.15 bits per heavy atom. The van der Waals surface area contributed by atoms with Crippen LogP contribution in [-0.2, 0) is 0 Å². The van der Waals surface area contributed by atoms with Gasteiger partial charge in [0.25, 0.3) is 0 Å². The van der Waals surface area contributed by atoms with Gasteiger partial charge in [-0.05, 0) is 18.2 Å². The van der Waals surface area contributed by atoms with Gasteiger partial charge in [-0.1, -0.05) is 6.07 Å². The van der Waals surface area contributed by atoms with E-state index in [1.807, 2.05) is 12.1 Å². The van der Waals surface area contributed by atoms with Crippen molar-refractivity contribution in [2.24, 2.45) is 0 Å². The molecule has 2 N–H and O–H groups in total. The van der Waals surface area contributed by atoms with Crippen LogP contribution in [0.25, 0.3) is 10.9 Å². The van der Waals surface area contributed by atoms with Crippen LogP contribution in [-0.4, -0.2) is 10.3 Å². The zero-order valence-electron chi connectivity index (χ0n) is 7.23. The smallest absolute Gasteiger partial charge is 0.306 e. The van der Waals surface area contributed by atoms with Crippen molar-refractivity contribution in [2.45, 2.75) is 6.92 Å². The molecule has 0 saturated carbocycles. The predicted molar refractivity (Wildman–Crippen MR) is 47.7 cm³/mol. The van der Waals surface area contributed by atoms with Crippen molar-refractivity contribution in [3.63, 3.8) is 0 Å². The summed E-state index contributed by atoms with van der Waals surface area (Å²) in [6.07, 6.45) is 0. The quantitative estimate of drug-likeness (QED) is 0.470. The van der Waals surface area contributed by atoms with Crippen LogP contribution in [0.15, 0.2) is 30.3 Å². The Bertz CT molecular complexity index is 466. The monoisotopic (exact) mass is 176 g/mol. The number of rotatable bonds is 0. The lowest BCUT2D eigenvalue weighted by atomic mass is 10.2. The molecule has 0 aliphatic carbocycles. The molecule has 2 aromatic rings. The maximum absolute atomic E-state index is 9.60. The minimum atomic E-state index is 0.0868. The molecule has 3 nitrogen and oxygen atoms in total. The Morgan fingerprint density at radius 2 is 1.92 bits per heavy atom. The first-order valence-corrected chi connectivity index (χ1v) is 4.03. The molecule has 0 spiro atoms. The third-order valence-electron chi connectivity index (χ3n) is 2.10. The summed E-state index contributed by atoms with van der Waals surface area (Å²) in [5, 5.41) is 19.9. The topological polar surface area (TPSA) is 44.3 Å². The van der Waals surface area contributed by atoms with E-state index in [1.54, 1.807) is 25.1 Å². The van der Waals surface area contributed by atoms with E-state index in [0.29, 0.717) is 11.2 Å². The number of aromatic nitrogens is 1. The van der Waals surface area contributed by atoms with Crippen LogP contribution < -0.4 is 4.73 Å². The van der Waals surface area contributed by atoms with E-state index in [1.165, 1.54) is 0 Å². The summed E-state index contributed by atoms with van der Waals surface area (Å²) in [6.45, 7) is 1.77. The molecule has 0 radical (unpaired) electrons. The van der Waals surface area contributed by atoms with Gasteiger partial charge in [0.15, 0.2) is 5.75 Å². The van der Waals surface area contributed by atoms with E-state index in [9.17, 15) is 10.3 Å². The van der Waals surface area contributed by atoms with Gasteiger partial charge in [-0.15, -0.1) is 0 Å². The van der Waals surface area contributed by atoms with Crippen LogP contribution in [0, 0.1) is 6.92 Å². The molecule has 0 amide bonds. The average Bonchev–Trinajstić information content (AvgIpc) is 2.12. The number of aromatic hydroxyl groups is 1. The molecule has 0 saturated heterocycles. The van der Waals surface area contributed by atoms with Gasteiger partial charge >= 0.3 is 5.52 Å². The summed E-state index contributed by atoms with van der Waals surface area (Å²) in [5.74, 6) is 0.0868. The SMILES string of the molecule is Cc1ccc2cccc(O)c2[n+]1O. The molecule has 1 aromatic carbocycles. The molecule has 0 fully saturated rings. The summed E-state index contributed by atoms with van der Waals surface area (Å²) in [4.78, 5) is 0. The number of aryl methyl sites for hydroxylation is 1. The van der Waals surface area contributed by atoms with Crippen LogP contribution >= 0.6 is 0 Å². The normalized spacial score (nSPS) is 10.5. The van der Waals surface area contributed by atoms with Crippen molar-refractivity contribution in [2.75, 3.05) is 0 Å².